The van der Waals surface area contributed by atoms with E-state index in [1.165, 1.54) is 45.3 Å². The largest absolute Gasteiger partial charge is 0.330 e. The molecule has 1 aliphatic carbocycles. The Morgan fingerprint density at radius 3 is 2.62 bits per heavy atom. The van der Waals surface area contributed by atoms with E-state index in [1.54, 1.807) is 0 Å². The number of rotatable bonds is 3. The molecule has 1 atom stereocenters. The fourth-order valence-corrected chi connectivity index (χ4v) is 2.78. The van der Waals surface area contributed by atoms with Crippen LogP contribution < -0.4 is 5.73 Å². The third kappa shape index (κ3) is 1.89. The van der Waals surface area contributed by atoms with Crippen LogP contribution in [0.15, 0.2) is 0 Å². The second-order valence-corrected chi connectivity index (χ2v) is 5.18. The molecule has 2 aliphatic rings. The second kappa shape index (κ2) is 3.58. The molecule has 1 unspecified atom stereocenters. The van der Waals surface area contributed by atoms with Crippen LogP contribution in [0.5, 0.6) is 0 Å². The molecule has 0 amide bonds. The summed E-state index contributed by atoms with van der Waals surface area (Å²) in [5, 5.41) is 0. The van der Waals surface area contributed by atoms with Crippen LogP contribution in [-0.4, -0.2) is 31.1 Å². The van der Waals surface area contributed by atoms with Gasteiger partial charge in [0.25, 0.3) is 0 Å². The highest BCUT2D eigenvalue weighted by molar-refractivity contribution is 4.95. The Morgan fingerprint density at radius 1 is 1.38 bits per heavy atom. The third-order valence-electron chi connectivity index (χ3n) is 3.90. The standard InChI is InChI=1S/C11H22N2/c1-10(7-12)8-13-6-5-11(9-13)3-2-4-11/h10H,2-9,12H2,1H3. The molecule has 0 radical (unpaired) electrons. The molecular formula is C11H22N2. The summed E-state index contributed by atoms with van der Waals surface area (Å²) in [6.45, 7) is 7.00. The first-order valence-electron chi connectivity index (χ1n) is 5.66. The fraction of sp³-hybridized carbons (Fsp3) is 1.00. The fourth-order valence-electron chi connectivity index (χ4n) is 2.78. The molecule has 0 aromatic rings. The van der Waals surface area contributed by atoms with Gasteiger partial charge in [0.2, 0.25) is 0 Å². The lowest BCUT2D eigenvalue weighted by Crippen LogP contribution is -2.35. The summed E-state index contributed by atoms with van der Waals surface area (Å²) in [6, 6.07) is 0. The average molecular weight is 182 g/mol. The Morgan fingerprint density at radius 2 is 2.15 bits per heavy atom. The predicted octanol–water partition coefficient (Wildman–Crippen LogP) is 1.46. The van der Waals surface area contributed by atoms with Gasteiger partial charge in [0.05, 0.1) is 0 Å². The molecule has 2 fully saturated rings. The number of likely N-dealkylation sites (tertiary alicyclic amines) is 1. The van der Waals surface area contributed by atoms with Crippen molar-refractivity contribution in [2.24, 2.45) is 17.1 Å². The van der Waals surface area contributed by atoms with Gasteiger partial charge in [0.15, 0.2) is 0 Å². The molecule has 0 aromatic heterocycles. The zero-order valence-corrected chi connectivity index (χ0v) is 8.76. The highest BCUT2D eigenvalue weighted by atomic mass is 15.2. The molecule has 2 heteroatoms. The summed E-state index contributed by atoms with van der Waals surface area (Å²) >= 11 is 0. The first-order valence-corrected chi connectivity index (χ1v) is 5.66. The van der Waals surface area contributed by atoms with Crippen molar-refractivity contribution < 1.29 is 0 Å². The van der Waals surface area contributed by atoms with Crippen LogP contribution >= 0.6 is 0 Å². The van der Waals surface area contributed by atoms with Crippen LogP contribution in [0.4, 0.5) is 0 Å². The van der Waals surface area contributed by atoms with Gasteiger partial charge in [0, 0.05) is 13.1 Å². The van der Waals surface area contributed by atoms with Gasteiger partial charge in [0.1, 0.15) is 0 Å². The Balaban J connectivity index is 1.78. The molecule has 13 heavy (non-hydrogen) atoms. The van der Waals surface area contributed by atoms with Crippen molar-refractivity contribution >= 4 is 0 Å². The minimum Gasteiger partial charge on any atom is -0.330 e. The monoisotopic (exact) mass is 182 g/mol. The van der Waals surface area contributed by atoms with E-state index in [4.69, 9.17) is 5.73 Å². The van der Waals surface area contributed by atoms with E-state index >= 15 is 0 Å². The van der Waals surface area contributed by atoms with Crippen LogP contribution in [-0.2, 0) is 0 Å². The van der Waals surface area contributed by atoms with Crippen LogP contribution in [0.25, 0.3) is 0 Å². The van der Waals surface area contributed by atoms with Crippen LogP contribution in [0.3, 0.4) is 0 Å². The van der Waals surface area contributed by atoms with Crippen LogP contribution in [0.2, 0.25) is 0 Å². The summed E-state index contributed by atoms with van der Waals surface area (Å²) in [4.78, 5) is 2.62. The minimum absolute atomic E-state index is 0.676. The zero-order valence-electron chi connectivity index (χ0n) is 8.76. The van der Waals surface area contributed by atoms with Crippen LogP contribution in [0, 0.1) is 11.3 Å². The SMILES string of the molecule is CC(CN)CN1CCC2(CCC2)C1. The molecule has 0 bridgehead atoms. The Labute approximate surface area is 81.5 Å². The maximum atomic E-state index is 5.64. The topological polar surface area (TPSA) is 29.3 Å². The van der Waals surface area contributed by atoms with Gasteiger partial charge in [-0.2, -0.15) is 0 Å². The summed E-state index contributed by atoms with van der Waals surface area (Å²) in [5.74, 6) is 0.676. The average Bonchev–Trinajstić information content (AvgIpc) is 2.48. The number of hydrogen-bond donors (Lipinski definition) is 1. The number of hydrogen-bond acceptors (Lipinski definition) is 2. The van der Waals surface area contributed by atoms with Gasteiger partial charge in [-0.3, -0.25) is 0 Å². The van der Waals surface area contributed by atoms with Crippen molar-refractivity contribution in [2.45, 2.75) is 32.6 Å². The van der Waals surface area contributed by atoms with Gasteiger partial charge in [-0.25, -0.2) is 0 Å². The van der Waals surface area contributed by atoms with E-state index in [0.29, 0.717) is 5.92 Å². The van der Waals surface area contributed by atoms with Crippen LogP contribution in [0.1, 0.15) is 32.6 Å². The van der Waals surface area contributed by atoms with Gasteiger partial charge in [-0.15, -0.1) is 0 Å². The summed E-state index contributed by atoms with van der Waals surface area (Å²) in [6.07, 6.45) is 5.89. The molecule has 2 nitrogen and oxygen atoms in total. The van der Waals surface area contributed by atoms with E-state index in [9.17, 15) is 0 Å². The molecule has 1 saturated heterocycles. The van der Waals surface area contributed by atoms with Gasteiger partial charge in [-0.1, -0.05) is 13.3 Å². The summed E-state index contributed by atoms with van der Waals surface area (Å²) in [7, 11) is 0. The molecule has 1 heterocycles. The van der Waals surface area contributed by atoms with Crippen molar-refractivity contribution in [3.05, 3.63) is 0 Å². The maximum absolute atomic E-state index is 5.64. The van der Waals surface area contributed by atoms with Gasteiger partial charge in [-0.05, 0) is 43.7 Å². The number of nitrogens with zero attached hydrogens (tertiary/aromatic N) is 1. The first kappa shape index (κ1) is 9.47. The van der Waals surface area contributed by atoms with E-state index in [0.717, 1.165) is 12.0 Å². The van der Waals surface area contributed by atoms with Crippen molar-refractivity contribution in [3.8, 4) is 0 Å². The van der Waals surface area contributed by atoms with Crippen molar-refractivity contribution in [3.63, 3.8) is 0 Å². The quantitative estimate of drug-likeness (QED) is 0.716. The normalized spacial score (nSPS) is 29.1. The zero-order chi connectivity index (χ0) is 9.31. The lowest BCUT2D eigenvalue weighted by Gasteiger charge is -2.38. The van der Waals surface area contributed by atoms with Gasteiger partial charge < -0.3 is 10.6 Å². The Hall–Kier alpha value is -0.0800. The van der Waals surface area contributed by atoms with Crippen molar-refractivity contribution in [1.82, 2.24) is 4.90 Å². The van der Waals surface area contributed by atoms with E-state index in [2.05, 4.69) is 11.8 Å². The first-order chi connectivity index (χ1) is 6.24. The van der Waals surface area contributed by atoms with Crippen molar-refractivity contribution in [1.29, 1.82) is 0 Å². The summed E-state index contributed by atoms with van der Waals surface area (Å²) in [5.41, 5.74) is 6.40. The lowest BCUT2D eigenvalue weighted by atomic mass is 9.68. The van der Waals surface area contributed by atoms with E-state index < -0.39 is 0 Å². The maximum Gasteiger partial charge on any atom is 0.00386 e. The minimum atomic E-state index is 0.676. The molecular weight excluding hydrogens is 160 g/mol. The van der Waals surface area contributed by atoms with Crippen molar-refractivity contribution in [2.75, 3.05) is 26.2 Å². The molecule has 1 aliphatic heterocycles. The smallest absolute Gasteiger partial charge is 0.00386 e. The summed E-state index contributed by atoms with van der Waals surface area (Å²) < 4.78 is 0. The second-order valence-electron chi connectivity index (χ2n) is 5.18. The Bertz CT molecular complexity index is 175. The van der Waals surface area contributed by atoms with E-state index in [1.807, 2.05) is 0 Å². The molecule has 2 N–H and O–H groups in total. The highest BCUT2D eigenvalue weighted by Crippen LogP contribution is 2.47. The number of nitrogens with two attached hydrogens (primary N) is 1. The molecule has 1 saturated carbocycles. The predicted molar refractivity (Wildman–Crippen MR) is 55.6 cm³/mol. The molecule has 0 aromatic carbocycles. The highest BCUT2D eigenvalue weighted by Gasteiger charge is 2.42. The molecule has 76 valence electrons. The third-order valence-corrected chi connectivity index (χ3v) is 3.90. The lowest BCUT2D eigenvalue weighted by molar-refractivity contribution is 0.135. The Kier molecular flexibility index (Phi) is 2.61. The molecule has 2 rings (SSSR count). The van der Waals surface area contributed by atoms with E-state index in [-0.39, 0.29) is 0 Å². The molecule has 1 spiro atoms. The van der Waals surface area contributed by atoms with Gasteiger partial charge >= 0.3 is 0 Å².